The van der Waals surface area contributed by atoms with Crippen molar-refractivity contribution in [3.63, 3.8) is 0 Å². The van der Waals surface area contributed by atoms with Gasteiger partial charge in [0.25, 0.3) is 0 Å². The van der Waals surface area contributed by atoms with E-state index in [-0.39, 0.29) is 6.04 Å². The number of carboxylic acid groups (broad SMARTS) is 1. The molecule has 2 atom stereocenters. The maximum absolute atomic E-state index is 11.3. The Morgan fingerprint density at radius 3 is 2.63 bits per heavy atom. The first-order valence-electron chi connectivity index (χ1n) is 6.81. The van der Waals surface area contributed by atoms with Gasteiger partial charge in [0.1, 0.15) is 6.04 Å². The van der Waals surface area contributed by atoms with Crippen LogP contribution >= 0.6 is 0 Å². The molecule has 0 aliphatic heterocycles. The van der Waals surface area contributed by atoms with Gasteiger partial charge in [0.2, 0.25) is 0 Å². The first-order chi connectivity index (χ1) is 9.17. The summed E-state index contributed by atoms with van der Waals surface area (Å²) < 4.78 is 0. The quantitative estimate of drug-likeness (QED) is 0.672. The highest BCUT2D eigenvalue weighted by molar-refractivity contribution is 5.74. The van der Waals surface area contributed by atoms with Crippen molar-refractivity contribution in [3.05, 3.63) is 48.6 Å². The molecule has 19 heavy (non-hydrogen) atoms. The van der Waals surface area contributed by atoms with Gasteiger partial charge in [0, 0.05) is 6.04 Å². The molecule has 1 rings (SSSR count). The number of carbonyl (C=O) groups is 1. The second kappa shape index (κ2) is 8.48. The van der Waals surface area contributed by atoms with Gasteiger partial charge in [-0.25, -0.2) is 0 Å². The number of carboxylic acids is 1. The van der Waals surface area contributed by atoms with E-state index in [2.05, 4.69) is 18.8 Å². The third kappa shape index (κ3) is 5.71. The van der Waals surface area contributed by atoms with E-state index in [1.54, 1.807) is 0 Å². The van der Waals surface area contributed by atoms with Crippen molar-refractivity contribution in [3.8, 4) is 0 Å². The van der Waals surface area contributed by atoms with E-state index in [0.717, 1.165) is 24.8 Å². The predicted molar refractivity (Wildman–Crippen MR) is 78.2 cm³/mol. The molecule has 0 aliphatic carbocycles. The number of rotatable bonds is 9. The first kappa shape index (κ1) is 15.4. The highest BCUT2D eigenvalue weighted by Gasteiger charge is 2.20. The Bertz CT molecular complexity index is 389. The number of nitrogens with one attached hydrogen (secondary N) is 1. The number of aliphatic carboxylic acids is 1. The fourth-order valence-corrected chi connectivity index (χ4v) is 2.08. The molecule has 1 aromatic rings. The zero-order chi connectivity index (χ0) is 14.1. The van der Waals surface area contributed by atoms with Crippen LogP contribution in [0.1, 0.15) is 31.7 Å². The third-order valence-corrected chi connectivity index (χ3v) is 3.23. The summed E-state index contributed by atoms with van der Waals surface area (Å²) in [4.78, 5) is 11.3. The van der Waals surface area contributed by atoms with Crippen LogP contribution in [0.25, 0.3) is 0 Å². The number of benzene rings is 1. The van der Waals surface area contributed by atoms with Gasteiger partial charge in [0.15, 0.2) is 0 Å². The summed E-state index contributed by atoms with van der Waals surface area (Å²) >= 11 is 0. The molecule has 3 heteroatoms. The largest absolute Gasteiger partial charge is 0.480 e. The average Bonchev–Trinajstić information content (AvgIpc) is 2.43. The summed E-state index contributed by atoms with van der Waals surface area (Å²) in [6, 6.07) is 9.42. The van der Waals surface area contributed by atoms with Crippen LogP contribution in [0.5, 0.6) is 0 Å². The fraction of sp³-hybridized carbons (Fsp3) is 0.438. The van der Waals surface area contributed by atoms with E-state index in [1.165, 1.54) is 0 Å². The van der Waals surface area contributed by atoms with Crippen molar-refractivity contribution in [2.24, 2.45) is 0 Å². The van der Waals surface area contributed by atoms with Gasteiger partial charge >= 0.3 is 5.97 Å². The third-order valence-electron chi connectivity index (χ3n) is 3.23. The summed E-state index contributed by atoms with van der Waals surface area (Å²) in [6.07, 6.45) is 5.15. The van der Waals surface area contributed by atoms with Crippen molar-refractivity contribution < 1.29 is 9.90 Å². The maximum Gasteiger partial charge on any atom is 0.321 e. The molecular weight excluding hydrogens is 238 g/mol. The molecule has 0 radical (unpaired) electrons. The lowest BCUT2D eigenvalue weighted by Crippen LogP contribution is -2.44. The van der Waals surface area contributed by atoms with Gasteiger partial charge in [-0.1, -0.05) is 43.3 Å². The standard InChI is InChI=1S/C16H23NO2/c1-3-5-11-14(4-2)17-15(16(18)19)12-13-9-7-6-8-10-13/h3,6-10,14-15,17H,1,4-5,11-12H2,2H3,(H,18,19)/t14?,15-/m1/s1. The molecule has 0 amide bonds. The van der Waals surface area contributed by atoms with Gasteiger partial charge in [-0.15, -0.1) is 6.58 Å². The minimum Gasteiger partial charge on any atom is -0.480 e. The van der Waals surface area contributed by atoms with Crippen LogP contribution in [0.2, 0.25) is 0 Å². The van der Waals surface area contributed by atoms with E-state index in [1.807, 2.05) is 36.4 Å². The summed E-state index contributed by atoms with van der Waals surface area (Å²) in [7, 11) is 0. The van der Waals surface area contributed by atoms with Gasteiger partial charge in [0.05, 0.1) is 0 Å². The van der Waals surface area contributed by atoms with E-state index < -0.39 is 12.0 Å². The topological polar surface area (TPSA) is 49.3 Å². The number of allylic oxidation sites excluding steroid dienone is 1. The molecule has 1 aromatic carbocycles. The van der Waals surface area contributed by atoms with Crippen LogP contribution in [-0.2, 0) is 11.2 Å². The fourth-order valence-electron chi connectivity index (χ4n) is 2.08. The molecule has 0 aliphatic rings. The Morgan fingerprint density at radius 1 is 1.42 bits per heavy atom. The maximum atomic E-state index is 11.3. The summed E-state index contributed by atoms with van der Waals surface area (Å²) in [6.45, 7) is 5.78. The normalized spacial score (nSPS) is 13.7. The Hall–Kier alpha value is -1.61. The second-order valence-electron chi connectivity index (χ2n) is 4.72. The summed E-state index contributed by atoms with van der Waals surface area (Å²) in [5, 5.41) is 12.6. The molecule has 0 heterocycles. The summed E-state index contributed by atoms with van der Waals surface area (Å²) in [5.41, 5.74) is 1.04. The predicted octanol–water partition coefficient (Wildman–Crippen LogP) is 3.02. The molecule has 0 saturated carbocycles. The minimum absolute atomic E-state index is 0.225. The van der Waals surface area contributed by atoms with Crippen molar-refractivity contribution in [2.75, 3.05) is 0 Å². The Kier molecular flexibility index (Phi) is 6.90. The van der Waals surface area contributed by atoms with Crippen LogP contribution in [-0.4, -0.2) is 23.2 Å². The van der Waals surface area contributed by atoms with Crippen molar-refractivity contribution >= 4 is 5.97 Å². The Morgan fingerprint density at radius 2 is 2.11 bits per heavy atom. The highest BCUT2D eigenvalue weighted by Crippen LogP contribution is 2.08. The number of hydrogen-bond donors (Lipinski definition) is 2. The Balaban J connectivity index is 2.61. The van der Waals surface area contributed by atoms with Crippen molar-refractivity contribution in [1.82, 2.24) is 5.32 Å². The van der Waals surface area contributed by atoms with E-state index in [9.17, 15) is 9.90 Å². The van der Waals surface area contributed by atoms with Gasteiger partial charge < -0.3 is 10.4 Å². The zero-order valence-electron chi connectivity index (χ0n) is 11.5. The molecular formula is C16H23NO2. The van der Waals surface area contributed by atoms with Gasteiger partial charge in [-0.3, -0.25) is 4.79 Å². The lowest BCUT2D eigenvalue weighted by Gasteiger charge is -2.22. The molecule has 2 N–H and O–H groups in total. The summed E-state index contributed by atoms with van der Waals surface area (Å²) in [5.74, 6) is -0.791. The monoisotopic (exact) mass is 261 g/mol. The van der Waals surface area contributed by atoms with Crippen LogP contribution in [0, 0.1) is 0 Å². The minimum atomic E-state index is -0.791. The van der Waals surface area contributed by atoms with Crippen molar-refractivity contribution in [2.45, 2.75) is 44.7 Å². The molecule has 1 unspecified atom stereocenters. The molecule has 0 bridgehead atoms. The molecule has 0 aromatic heterocycles. The van der Waals surface area contributed by atoms with Gasteiger partial charge in [-0.2, -0.15) is 0 Å². The van der Waals surface area contributed by atoms with E-state index in [4.69, 9.17) is 0 Å². The number of hydrogen-bond acceptors (Lipinski definition) is 2. The molecule has 0 spiro atoms. The molecule has 0 saturated heterocycles. The zero-order valence-corrected chi connectivity index (χ0v) is 11.5. The second-order valence-corrected chi connectivity index (χ2v) is 4.72. The molecule has 104 valence electrons. The SMILES string of the molecule is C=CCCC(CC)N[C@H](Cc1ccccc1)C(=O)O. The first-order valence-corrected chi connectivity index (χ1v) is 6.81. The molecule has 0 fully saturated rings. The van der Waals surface area contributed by atoms with Crippen molar-refractivity contribution in [1.29, 1.82) is 0 Å². The molecule has 3 nitrogen and oxygen atoms in total. The van der Waals surface area contributed by atoms with Crippen LogP contribution in [0.3, 0.4) is 0 Å². The lowest BCUT2D eigenvalue weighted by molar-refractivity contribution is -0.139. The van der Waals surface area contributed by atoms with Crippen LogP contribution < -0.4 is 5.32 Å². The lowest BCUT2D eigenvalue weighted by atomic mass is 10.0. The van der Waals surface area contributed by atoms with Gasteiger partial charge in [-0.05, 0) is 31.2 Å². The van der Waals surface area contributed by atoms with Crippen LogP contribution in [0.15, 0.2) is 43.0 Å². The average molecular weight is 261 g/mol. The van der Waals surface area contributed by atoms with Crippen LogP contribution in [0.4, 0.5) is 0 Å². The highest BCUT2D eigenvalue weighted by atomic mass is 16.4. The van der Waals surface area contributed by atoms with E-state index in [0.29, 0.717) is 6.42 Å². The Labute approximate surface area is 115 Å². The van der Waals surface area contributed by atoms with E-state index >= 15 is 0 Å². The smallest absolute Gasteiger partial charge is 0.321 e.